The van der Waals surface area contributed by atoms with Gasteiger partial charge in [-0.05, 0) is 58.0 Å². The van der Waals surface area contributed by atoms with Crippen molar-refractivity contribution in [1.29, 1.82) is 0 Å². The van der Waals surface area contributed by atoms with Gasteiger partial charge >= 0.3 is 0 Å². The summed E-state index contributed by atoms with van der Waals surface area (Å²) in [6, 6.07) is 2.46. The van der Waals surface area contributed by atoms with E-state index in [0.29, 0.717) is 0 Å². The van der Waals surface area contributed by atoms with Gasteiger partial charge in [0.15, 0.2) is 0 Å². The number of piperidine rings is 1. The van der Waals surface area contributed by atoms with E-state index in [4.69, 9.17) is 4.74 Å². The topological polar surface area (TPSA) is 24.5 Å². The van der Waals surface area contributed by atoms with Crippen LogP contribution in [0.2, 0.25) is 0 Å². The lowest BCUT2D eigenvalue weighted by atomic mass is 9.97. The van der Waals surface area contributed by atoms with E-state index in [-0.39, 0.29) is 12.4 Å². The highest BCUT2D eigenvalue weighted by molar-refractivity contribution is 5.85. The van der Waals surface area contributed by atoms with Crippen molar-refractivity contribution in [3.8, 4) is 0 Å². The van der Waals surface area contributed by atoms with Crippen LogP contribution < -0.4 is 5.32 Å². The van der Waals surface area contributed by atoms with E-state index >= 15 is 0 Å². The minimum Gasteiger partial charge on any atom is -0.381 e. The van der Waals surface area contributed by atoms with Crippen LogP contribution in [-0.4, -0.2) is 49.8 Å². The number of hydrogen-bond acceptors (Lipinski definition) is 3. The zero-order valence-electron chi connectivity index (χ0n) is 11.4. The van der Waals surface area contributed by atoms with Gasteiger partial charge in [0.1, 0.15) is 0 Å². The van der Waals surface area contributed by atoms with Gasteiger partial charge in [-0.1, -0.05) is 0 Å². The van der Waals surface area contributed by atoms with Crippen LogP contribution in [0.15, 0.2) is 0 Å². The van der Waals surface area contributed by atoms with E-state index in [1.165, 1.54) is 45.1 Å². The smallest absolute Gasteiger partial charge is 0.0495 e. The predicted molar refractivity (Wildman–Crippen MR) is 76.4 cm³/mol. The van der Waals surface area contributed by atoms with Crippen LogP contribution in [0.25, 0.3) is 0 Å². The molecular weight excluding hydrogens is 248 g/mol. The first kappa shape index (κ1) is 14.6. The van der Waals surface area contributed by atoms with Crippen LogP contribution in [-0.2, 0) is 4.74 Å². The molecule has 0 aromatic rings. The molecule has 3 nitrogen and oxygen atoms in total. The molecule has 0 spiro atoms. The van der Waals surface area contributed by atoms with Gasteiger partial charge in [-0.2, -0.15) is 0 Å². The summed E-state index contributed by atoms with van der Waals surface area (Å²) < 4.78 is 5.45. The van der Waals surface area contributed by atoms with E-state index in [1.54, 1.807) is 0 Å². The molecule has 106 valence electrons. The van der Waals surface area contributed by atoms with Gasteiger partial charge in [0, 0.05) is 31.3 Å². The first-order chi connectivity index (χ1) is 8.31. The highest BCUT2D eigenvalue weighted by Crippen LogP contribution is 2.29. The maximum atomic E-state index is 5.45. The third-order valence-electron chi connectivity index (χ3n) is 4.99. The van der Waals surface area contributed by atoms with Crippen molar-refractivity contribution >= 4 is 12.4 Å². The summed E-state index contributed by atoms with van der Waals surface area (Å²) in [5.74, 6) is 0.830. The van der Waals surface area contributed by atoms with Gasteiger partial charge in [0.2, 0.25) is 0 Å². The summed E-state index contributed by atoms with van der Waals surface area (Å²) >= 11 is 0. The van der Waals surface area contributed by atoms with Crippen molar-refractivity contribution in [3.63, 3.8) is 0 Å². The molecule has 3 unspecified atom stereocenters. The first-order valence-electron chi connectivity index (χ1n) is 7.35. The van der Waals surface area contributed by atoms with Crippen LogP contribution >= 0.6 is 12.4 Å². The van der Waals surface area contributed by atoms with Gasteiger partial charge in [-0.25, -0.2) is 0 Å². The molecule has 0 aromatic heterocycles. The summed E-state index contributed by atoms with van der Waals surface area (Å²) in [5, 5.41) is 3.73. The Kier molecular flexibility index (Phi) is 5.31. The fourth-order valence-corrected chi connectivity index (χ4v) is 3.77. The second-order valence-corrected chi connectivity index (χ2v) is 6.26. The van der Waals surface area contributed by atoms with Gasteiger partial charge in [0.25, 0.3) is 0 Å². The highest BCUT2D eigenvalue weighted by Gasteiger charge is 2.35. The molecule has 2 bridgehead atoms. The quantitative estimate of drug-likeness (QED) is 0.849. The molecule has 3 aliphatic heterocycles. The molecule has 3 aliphatic rings. The number of rotatable bonds is 4. The molecule has 0 aromatic carbocycles. The summed E-state index contributed by atoms with van der Waals surface area (Å²) in [4.78, 5) is 2.62. The first-order valence-corrected chi connectivity index (χ1v) is 7.35. The van der Waals surface area contributed by atoms with Crippen molar-refractivity contribution in [2.24, 2.45) is 5.92 Å². The lowest BCUT2D eigenvalue weighted by molar-refractivity contribution is 0.153. The average Bonchev–Trinajstić information content (AvgIpc) is 2.96. The zero-order chi connectivity index (χ0) is 11.7. The second-order valence-electron chi connectivity index (χ2n) is 6.26. The summed E-state index contributed by atoms with van der Waals surface area (Å²) in [6.45, 7) is 3.26. The summed E-state index contributed by atoms with van der Waals surface area (Å²) in [5.41, 5.74) is 0. The summed E-state index contributed by atoms with van der Waals surface area (Å²) in [6.07, 6.45) is 8.17. The molecule has 0 aliphatic carbocycles. The fourth-order valence-electron chi connectivity index (χ4n) is 3.77. The van der Waals surface area contributed by atoms with Crippen molar-refractivity contribution in [2.45, 2.75) is 56.7 Å². The molecular formula is C14H27ClN2O. The third-order valence-corrected chi connectivity index (χ3v) is 4.99. The normalized spacial score (nSPS) is 39.0. The minimum atomic E-state index is 0. The third kappa shape index (κ3) is 3.38. The van der Waals surface area contributed by atoms with E-state index in [2.05, 4.69) is 17.3 Å². The Hall–Kier alpha value is 0.170. The SMILES string of the molecule is CN(CCC1CCOC1)C1CC2CCC(C1)N2.Cl. The Morgan fingerprint density at radius 2 is 1.89 bits per heavy atom. The summed E-state index contributed by atoms with van der Waals surface area (Å²) in [7, 11) is 2.32. The molecule has 3 fully saturated rings. The lowest BCUT2D eigenvalue weighted by Gasteiger charge is -2.36. The number of nitrogens with one attached hydrogen (secondary N) is 1. The van der Waals surface area contributed by atoms with E-state index in [9.17, 15) is 0 Å². The van der Waals surface area contributed by atoms with Crippen LogP contribution in [0.5, 0.6) is 0 Å². The number of fused-ring (bicyclic) bond motifs is 2. The number of ether oxygens (including phenoxy) is 1. The zero-order valence-corrected chi connectivity index (χ0v) is 12.3. The average molecular weight is 275 g/mol. The van der Waals surface area contributed by atoms with Crippen LogP contribution in [0.3, 0.4) is 0 Å². The van der Waals surface area contributed by atoms with Crippen molar-refractivity contribution in [3.05, 3.63) is 0 Å². The molecule has 4 heteroatoms. The largest absolute Gasteiger partial charge is 0.381 e. The van der Waals surface area contributed by atoms with Gasteiger partial charge in [-0.15, -0.1) is 12.4 Å². The number of halogens is 1. The van der Waals surface area contributed by atoms with Crippen LogP contribution in [0.1, 0.15) is 38.5 Å². The molecule has 0 radical (unpaired) electrons. The molecule has 3 rings (SSSR count). The van der Waals surface area contributed by atoms with Crippen LogP contribution in [0.4, 0.5) is 0 Å². The van der Waals surface area contributed by atoms with Crippen molar-refractivity contribution in [2.75, 3.05) is 26.8 Å². The van der Waals surface area contributed by atoms with Gasteiger partial charge in [0.05, 0.1) is 0 Å². The molecule has 3 saturated heterocycles. The lowest BCUT2D eigenvalue weighted by Crippen LogP contribution is -2.47. The molecule has 3 atom stereocenters. The molecule has 0 amide bonds. The number of nitrogens with zero attached hydrogens (tertiary/aromatic N) is 1. The Morgan fingerprint density at radius 1 is 1.17 bits per heavy atom. The van der Waals surface area contributed by atoms with E-state index in [0.717, 1.165) is 37.3 Å². The fraction of sp³-hybridized carbons (Fsp3) is 1.00. The Labute approximate surface area is 117 Å². The molecule has 0 saturated carbocycles. The number of hydrogen-bond donors (Lipinski definition) is 1. The maximum absolute atomic E-state index is 5.45. The van der Waals surface area contributed by atoms with E-state index in [1.807, 2.05) is 0 Å². The Bertz CT molecular complexity index is 246. The molecule has 1 N–H and O–H groups in total. The monoisotopic (exact) mass is 274 g/mol. The Morgan fingerprint density at radius 3 is 2.50 bits per heavy atom. The van der Waals surface area contributed by atoms with Crippen molar-refractivity contribution in [1.82, 2.24) is 10.2 Å². The van der Waals surface area contributed by atoms with Crippen LogP contribution in [0, 0.1) is 5.92 Å². The van der Waals surface area contributed by atoms with Gasteiger partial charge in [-0.3, -0.25) is 0 Å². The molecule has 18 heavy (non-hydrogen) atoms. The van der Waals surface area contributed by atoms with Crippen molar-refractivity contribution < 1.29 is 4.74 Å². The Balaban J connectivity index is 0.00000120. The van der Waals surface area contributed by atoms with Gasteiger partial charge < -0.3 is 15.0 Å². The second kappa shape index (κ2) is 6.56. The highest BCUT2D eigenvalue weighted by atomic mass is 35.5. The van der Waals surface area contributed by atoms with E-state index < -0.39 is 0 Å². The maximum Gasteiger partial charge on any atom is 0.0495 e. The standard InChI is InChI=1S/C14H26N2O.ClH/c1-16(6-4-11-5-7-17-10-11)14-8-12-2-3-13(9-14)15-12;/h11-15H,2-10H2,1H3;1H. The predicted octanol–water partition coefficient (Wildman–Crippen LogP) is 2.05. The molecule has 3 heterocycles. The minimum absolute atomic E-state index is 0.